The molecular weight excluding hydrogens is 533 g/mol. The van der Waals surface area contributed by atoms with Crippen LogP contribution < -0.4 is 10.2 Å². The monoisotopic (exact) mass is 563 g/mol. The standard InChI is InChI=1S/C27H32Cl3N5O2/c1-3-7-24-32-26(18(2)35(24)22-10-5-4-8-20(22)28)27(37)31-16-19(36)17-33-12-14-34(15-13-33)23-11-6-9-21(29)25(23)30/h4-6,8-11,19,36H,3,7,12-17H2,1-2H3,(H,31,37). The Labute approximate surface area is 232 Å². The molecule has 1 fully saturated rings. The third kappa shape index (κ3) is 6.41. The van der Waals surface area contributed by atoms with Crippen molar-refractivity contribution in [2.24, 2.45) is 0 Å². The molecule has 0 aliphatic carbocycles. The van der Waals surface area contributed by atoms with Crippen molar-refractivity contribution < 1.29 is 9.90 Å². The average molecular weight is 565 g/mol. The van der Waals surface area contributed by atoms with Crippen molar-refractivity contribution in [3.05, 3.63) is 74.7 Å². The molecule has 1 aromatic heterocycles. The SMILES string of the molecule is CCCc1nc(C(=O)NCC(O)CN2CCN(c3cccc(Cl)c3Cl)CC2)c(C)n1-c1ccccc1Cl. The van der Waals surface area contributed by atoms with E-state index in [0.717, 1.165) is 55.5 Å². The Balaban J connectivity index is 1.34. The number of para-hydroxylation sites is 1. The zero-order valence-electron chi connectivity index (χ0n) is 21.1. The van der Waals surface area contributed by atoms with E-state index in [-0.39, 0.29) is 12.5 Å². The maximum absolute atomic E-state index is 13.0. The number of hydrogen-bond donors (Lipinski definition) is 2. The van der Waals surface area contributed by atoms with Crippen LogP contribution in [0.4, 0.5) is 5.69 Å². The van der Waals surface area contributed by atoms with Crippen LogP contribution in [-0.4, -0.2) is 70.8 Å². The van der Waals surface area contributed by atoms with Gasteiger partial charge in [-0.15, -0.1) is 0 Å². The van der Waals surface area contributed by atoms with Crippen molar-refractivity contribution in [2.45, 2.75) is 32.8 Å². The fourth-order valence-corrected chi connectivity index (χ4v) is 5.32. The molecular formula is C27H32Cl3N5O2. The number of imidazole rings is 1. The summed E-state index contributed by atoms with van der Waals surface area (Å²) in [6.45, 7) is 7.64. The Morgan fingerprint density at radius 3 is 2.41 bits per heavy atom. The van der Waals surface area contributed by atoms with Crippen molar-refractivity contribution in [1.82, 2.24) is 19.8 Å². The van der Waals surface area contributed by atoms with Crippen molar-refractivity contribution >= 4 is 46.4 Å². The normalized spacial score (nSPS) is 15.1. The van der Waals surface area contributed by atoms with Crippen LogP contribution in [0, 0.1) is 6.92 Å². The van der Waals surface area contributed by atoms with Crippen molar-refractivity contribution in [3.63, 3.8) is 0 Å². The number of rotatable bonds is 9. The lowest BCUT2D eigenvalue weighted by Gasteiger charge is -2.37. The average Bonchev–Trinajstić information content (AvgIpc) is 3.21. The molecule has 2 heterocycles. The molecule has 1 unspecified atom stereocenters. The minimum absolute atomic E-state index is 0.140. The van der Waals surface area contributed by atoms with Gasteiger partial charge in [0.2, 0.25) is 0 Å². The van der Waals surface area contributed by atoms with E-state index in [4.69, 9.17) is 34.8 Å². The summed E-state index contributed by atoms with van der Waals surface area (Å²) < 4.78 is 1.95. The molecule has 0 spiro atoms. The third-order valence-corrected chi connectivity index (χ3v) is 7.70. The fourth-order valence-electron chi connectivity index (χ4n) is 4.68. The number of hydrogen-bond acceptors (Lipinski definition) is 5. The number of anilines is 1. The van der Waals surface area contributed by atoms with Crippen LogP contribution in [0.5, 0.6) is 0 Å². The predicted octanol–water partition coefficient (Wildman–Crippen LogP) is 5.01. The van der Waals surface area contributed by atoms with E-state index in [0.29, 0.717) is 33.7 Å². The van der Waals surface area contributed by atoms with Gasteiger partial charge in [0.1, 0.15) is 11.5 Å². The van der Waals surface area contributed by atoms with E-state index in [9.17, 15) is 9.90 Å². The topological polar surface area (TPSA) is 73.6 Å². The maximum atomic E-state index is 13.0. The number of carbonyl (C=O) groups excluding carboxylic acids is 1. The van der Waals surface area contributed by atoms with Crippen LogP contribution in [0.1, 0.15) is 35.4 Å². The van der Waals surface area contributed by atoms with E-state index in [1.165, 1.54) is 0 Å². The number of amides is 1. The van der Waals surface area contributed by atoms with Gasteiger partial charge in [0.15, 0.2) is 0 Å². The number of nitrogens with one attached hydrogen (secondary N) is 1. The minimum Gasteiger partial charge on any atom is -0.390 e. The smallest absolute Gasteiger partial charge is 0.271 e. The van der Waals surface area contributed by atoms with E-state index in [1.54, 1.807) is 6.07 Å². The molecule has 1 aliphatic heterocycles. The molecule has 1 aliphatic rings. The van der Waals surface area contributed by atoms with Gasteiger partial charge in [0, 0.05) is 45.7 Å². The molecule has 0 radical (unpaired) electrons. The number of aliphatic hydroxyl groups excluding tert-OH is 1. The first-order valence-corrected chi connectivity index (χ1v) is 13.6. The molecule has 2 N–H and O–H groups in total. The lowest BCUT2D eigenvalue weighted by Crippen LogP contribution is -2.50. The number of benzene rings is 2. The molecule has 7 nitrogen and oxygen atoms in total. The molecule has 1 saturated heterocycles. The van der Waals surface area contributed by atoms with Gasteiger partial charge < -0.3 is 15.3 Å². The highest BCUT2D eigenvalue weighted by Gasteiger charge is 2.24. The van der Waals surface area contributed by atoms with Gasteiger partial charge in [-0.3, -0.25) is 14.3 Å². The van der Waals surface area contributed by atoms with Gasteiger partial charge in [-0.05, 0) is 37.6 Å². The number of nitrogens with zero attached hydrogens (tertiary/aromatic N) is 4. The van der Waals surface area contributed by atoms with E-state index in [2.05, 4.69) is 27.0 Å². The zero-order valence-corrected chi connectivity index (χ0v) is 23.3. The molecule has 4 rings (SSSR count). The number of β-amino-alcohol motifs (C(OH)–C–C–N with tert-alkyl or cyclic N) is 1. The van der Waals surface area contributed by atoms with Gasteiger partial charge >= 0.3 is 0 Å². The molecule has 1 atom stereocenters. The number of aromatic nitrogens is 2. The van der Waals surface area contributed by atoms with E-state index >= 15 is 0 Å². The Morgan fingerprint density at radius 2 is 1.70 bits per heavy atom. The molecule has 0 bridgehead atoms. The highest BCUT2D eigenvalue weighted by molar-refractivity contribution is 6.43. The first-order valence-electron chi connectivity index (χ1n) is 12.5. The number of piperazine rings is 1. The third-order valence-electron chi connectivity index (χ3n) is 6.57. The van der Waals surface area contributed by atoms with E-state index in [1.807, 2.05) is 47.9 Å². The number of aryl methyl sites for hydroxylation is 1. The summed E-state index contributed by atoms with van der Waals surface area (Å²) in [6, 6.07) is 13.2. The van der Waals surface area contributed by atoms with Crippen LogP contribution >= 0.6 is 34.8 Å². The summed E-state index contributed by atoms with van der Waals surface area (Å²) in [4.78, 5) is 22.1. The van der Waals surface area contributed by atoms with Gasteiger partial charge in [-0.1, -0.05) is 59.9 Å². The van der Waals surface area contributed by atoms with Crippen LogP contribution in [0.2, 0.25) is 15.1 Å². The first kappa shape index (κ1) is 27.7. The fraction of sp³-hybridized carbons (Fsp3) is 0.407. The highest BCUT2D eigenvalue weighted by atomic mass is 35.5. The Bertz CT molecular complexity index is 1240. The maximum Gasteiger partial charge on any atom is 0.271 e. The molecule has 10 heteroatoms. The minimum atomic E-state index is -0.702. The van der Waals surface area contributed by atoms with Crippen LogP contribution in [-0.2, 0) is 6.42 Å². The molecule has 3 aromatic rings. The summed E-state index contributed by atoms with van der Waals surface area (Å²) in [7, 11) is 0. The first-order chi connectivity index (χ1) is 17.8. The molecule has 0 saturated carbocycles. The Morgan fingerprint density at radius 1 is 1.03 bits per heavy atom. The van der Waals surface area contributed by atoms with Crippen molar-refractivity contribution in [2.75, 3.05) is 44.2 Å². The summed E-state index contributed by atoms with van der Waals surface area (Å²) in [5, 5.41) is 15.2. The Kier molecular flexibility index (Phi) is 9.37. The second-order valence-corrected chi connectivity index (χ2v) is 10.4. The second kappa shape index (κ2) is 12.5. The van der Waals surface area contributed by atoms with Gasteiger partial charge in [-0.2, -0.15) is 0 Å². The quantitative estimate of drug-likeness (QED) is 0.382. The Hall–Kier alpha value is -2.29. The number of halogens is 3. The summed E-state index contributed by atoms with van der Waals surface area (Å²) in [5.74, 6) is 0.483. The van der Waals surface area contributed by atoms with Gasteiger partial charge in [0.25, 0.3) is 5.91 Å². The van der Waals surface area contributed by atoms with E-state index < -0.39 is 6.10 Å². The van der Waals surface area contributed by atoms with Gasteiger partial charge in [0.05, 0.1) is 38.2 Å². The summed E-state index contributed by atoms with van der Waals surface area (Å²) in [6.07, 6.45) is 0.901. The van der Waals surface area contributed by atoms with Gasteiger partial charge in [-0.25, -0.2) is 4.98 Å². The van der Waals surface area contributed by atoms with Crippen LogP contribution in [0.15, 0.2) is 42.5 Å². The number of carbonyl (C=O) groups is 1. The lowest BCUT2D eigenvalue weighted by atomic mass is 10.2. The summed E-state index contributed by atoms with van der Waals surface area (Å²) in [5.41, 5.74) is 2.80. The van der Waals surface area contributed by atoms with Crippen molar-refractivity contribution in [1.29, 1.82) is 0 Å². The van der Waals surface area contributed by atoms with Crippen LogP contribution in [0.25, 0.3) is 5.69 Å². The van der Waals surface area contributed by atoms with Crippen molar-refractivity contribution in [3.8, 4) is 5.69 Å². The largest absolute Gasteiger partial charge is 0.390 e. The number of aliphatic hydroxyl groups is 1. The zero-order chi connectivity index (χ0) is 26.5. The van der Waals surface area contributed by atoms with Crippen LogP contribution in [0.3, 0.4) is 0 Å². The molecule has 2 aromatic carbocycles. The molecule has 198 valence electrons. The molecule has 37 heavy (non-hydrogen) atoms. The highest BCUT2D eigenvalue weighted by Crippen LogP contribution is 2.33. The predicted molar refractivity (Wildman–Crippen MR) is 151 cm³/mol. The molecule has 1 amide bonds. The summed E-state index contributed by atoms with van der Waals surface area (Å²) >= 11 is 19.0. The lowest BCUT2D eigenvalue weighted by molar-refractivity contribution is 0.0847. The second-order valence-electron chi connectivity index (χ2n) is 9.22.